The van der Waals surface area contributed by atoms with Gasteiger partial charge in [-0.2, -0.15) is 26.3 Å². The fourth-order valence-electron chi connectivity index (χ4n) is 4.14. The van der Waals surface area contributed by atoms with Crippen LogP contribution < -0.4 is 4.74 Å². The van der Waals surface area contributed by atoms with E-state index in [2.05, 4.69) is 4.98 Å². The second-order valence-corrected chi connectivity index (χ2v) is 9.28. The van der Waals surface area contributed by atoms with Crippen LogP contribution in [0.15, 0.2) is 48.5 Å². The summed E-state index contributed by atoms with van der Waals surface area (Å²) in [5.41, 5.74) is -2.18. The van der Waals surface area contributed by atoms with E-state index in [1.54, 1.807) is 24.3 Å². The molecule has 3 aromatic rings. The van der Waals surface area contributed by atoms with E-state index in [-0.39, 0.29) is 23.5 Å². The number of benzene rings is 2. The van der Waals surface area contributed by atoms with Crippen molar-refractivity contribution in [3.05, 3.63) is 81.1 Å². The Morgan fingerprint density at radius 1 is 0.947 bits per heavy atom. The first kappa shape index (κ1) is 27.8. The minimum Gasteiger partial charge on any atom is -0.497 e. The number of carbonyl (C=O) groups is 1. The van der Waals surface area contributed by atoms with Gasteiger partial charge < -0.3 is 9.47 Å². The zero-order chi connectivity index (χ0) is 28.0. The second kappa shape index (κ2) is 10.2. The highest BCUT2D eigenvalue weighted by molar-refractivity contribution is 6.33. The molecule has 1 amide bonds. The summed E-state index contributed by atoms with van der Waals surface area (Å²) in [5, 5.41) is 0.432. The van der Waals surface area contributed by atoms with Crippen molar-refractivity contribution in [1.29, 1.82) is 0 Å². The third-order valence-electron chi connectivity index (χ3n) is 6.05. The average molecular weight is 579 g/mol. The van der Waals surface area contributed by atoms with Gasteiger partial charge in [-0.1, -0.05) is 23.2 Å². The van der Waals surface area contributed by atoms with Crippen molar-refractivity contribution in [3.8, 4) is 16.9 Å². The van der Waals surface area contributed by atoms with Crippen molar-refractivity contribution in [2.75, 3.05) is 7.11 Å². The summed E-state index contributed by atoms with van der Waals surface area (Å²) in [5.74, 6) is 0.490. The predicted molar refractivity (Wildman–Crippen MR) is 127 cm³/mol. The van der Waals surface area contributed by atoms with Crippen LogP contribution in [-0.4, -0.2) is 29.1 Å². The van der Waals surface area contributed by atoms with Crippen molar-refractivity contribution < 1.29 is 40.6 Å². The summed E-state index contributed by atoms with van der Waals surface area (Å²) in [7, 11) is 1.47. The number of hydrogen-bond donors (Lipinski definition) is 0. The van der Waals surface area contributed by atoms with Crippen LogP contribution in [-0.2, 0) is 23.6 Å². The first-order chi connectivity index (χ1) is 17.7. The monoisotopic (exact) mass is 578 g/mol. The Balaban J connectivity index is 1.72. The van der Waals surface area contributed by atoms with E-state index in [0.717, 1.165) is 4.90 Å². The third-order valence-corrected chi connectivity index (χ3v) is 6.59. The van der Waals surface area contributed by atoms with Gasteiger partial charge in [0, 0.05) is 16.1 Å². The molecule has 13 heteroatoms. The van der Waals surface area contributed by atoms with Crippen LogP contribution in [0.5, 0.6) is 5.75 Å². The Morgan fingerprint density at radius 2 is 1.58 bits per heavy atom. The number of aromatic nitrogens is 1. The van der Waals surface area contributed by atoms with Crippen LogP contribution in [0.2, 0.25) is 10.2 Å². The number of amides is 1. The molecule has 2 atom stereocenters. The van der Waals surface area contributed by atoms with E-state index >= 15 is 0 Å². The predicted octanol–water partition coefficient (Wildman–Crippen LogP) is 8.18. The first-order valence-electron chi connectivity index (χ1n) is 10.9. The van der Waals surface area contributed by atoms with Gasteiger partial charge in [0.1, 0.15) is 17.0 Å². The number of carbonyl (C=O) groups excluding carboxylic acids is 1. The molecule has 5 nitrogen and oxygen atoms in total. The molecule has 0 spiro atoms. The fraction of sp³-hybridized carbons (Fsp3) is 0.280. The molecule has 1 aromatic heterocycles. The molecule has 0 N–H and O–H groups in total. The maximum atomic E-state index is 13.4. The zero-order valence-electron chi connectivity index (χ0n) is 19.6. The Kier molecular flexibility index (Phi) is 7.46. The maximum absolute atomic E-state index is 13.4. The Hall–Kier alpha value is -3.18. The van der Waals surface area contributed by atoms with Crippen LogP contribution in [0, 0.1) is 0 Å². The molecule has 4 rings (SSSR count). The molecular weight excluding hydrogens is 561 g/mol. The smallest absolute Gasteiger partial charge is 0.416 e. The lowest BCUT2D eigenvalue weighted by Gasteiger charge is -2.23. The van der Waals surface area contributed by atoms with Crippen LogP contribution in [0.1, 0.15) is 35.4 Å². The third kappa shape index (κ3) is 5.63. The van der Waals surface area contributed by atoms with E-state index in [4.69, 9.17) is 32.7 Å². The highest BCUT2D eigenvalue weighted by Gasteiger charge is 2.43. The van der Waals surface area contributed by atoms with Gasteiger partial charge in [-0.3, -0.25) is 4.90 Å². The molecule has 0 radical (unpaired) electrons. The number of cyclic esters (lactones) is 1. The topological polar surface area (TPSA) is 51.7 Å². The molecule has 2 aromatic carbocycles. The number of halogens is 8. The van der Waals surface area contributed by atoms with Gasteiger partial charge in [-0.05, 0) is 61.0 Å². The van der Waals surface area contributed by atoms with Gasteiger partial charge in [0.2, 0.25) is 0 Å². The minimum absolute atomic E-state index is 0.0166. The molecule has 1 aliphatic heterocycles. The molecule has 202 valence electrons. The van der Waals surface area contributed by atoms with Crippen molar-refractivity contribution in [2.24, 2.45) is 0 Å². The van der Waals surface area contributed by atoms with Gasteiger partial charge in [0.15, 0.2) is 0 Å². The summed E-state index contributed by atoms with van der Waals surface area (Å²) < 4.78 is 90.7. The van der Waals surface area contributed by atoms with Gasteiger partial charge in [-0.15, -0.1) is 0 Å². The Bertz CT molecular complexity index is 1350. The summed E-state index contributed by atoms with van der Waals surface area (Å²) in [6, 6.07) is 8.17. The number of pyridine rings is 1. The Labute approximate surface area is 222 Å². The summed E-state index contributed by atoms with van der Waals surface area (Å²) in [6.45, 7) is 1.23. The number of rotatable bonds is 5. The Morgan fingerprint density at radius 3 is 2.16 bits per heavy atom. The molecule has 0 saturated carbocycles. The maximum Gasteiger partial charge on any atom is 0.416 e. The highest BCUT2D eigenvalue weighted by Crippen LogP contribution is 2.42. The quantitative estimate of drug-likeness (QED) is 0.226. The SMILES string of the molecule is COc1ccc(Cl)c(-c2ccc(Cl)nc2CN2C(=O)O[C@H](c3cc(C(F)(F)F)cc(C(F)(F)F)c3)[C@@H]2C)c1. The second-order valence-electron chi connectivity index (χ2n) is 8.49. The van der Waals surface area contributed by atoms with Crippen molar-refractivity contribution >= 4 is 29.3 Å². The van der Waals surface area contributed by atoms with Crippen LogP contribution in [0.3, 0.4) is 0 Å². The summed E-state index contributed by atoms with van der Waals surface area (Å²) in [4.78, 5) is 18.2. The lowest BCUT2D eigenvalue weighted by Crippen LogP contribution is -2.32. The number of alkyl halides is 6. The normalized spacial score (nSPS) is 18.1. The van der Waals surface area contributed by atoms with Crippen LogP contribution in [0.4, 0.5) is 31.1 Å². The molecule has 2 heterocycles. The van der Waals surface area contributed by atoms with Gasteiger partial charge in [0.05, 0.1) is 36.5 Å². The molecule has 1 aliphatic rings. The number of nitrogens with zero attached hydrogens (tertiary/aromatic N) is 2. The van der Waals surface area contributed by atoms with E-state index in [0.29, 0.717) is 34.0 Å². The van der Waals surface area contributed by atoms with Crippen molar-refractivity contribution in [1.82, 2.24) is 9.88 Å². The standard InChI is InChI=1S/C25H18Cl2F6N2O3/c1-12-22(13-7-14(24(28,29)30)9-15(8-13)25(31,32)33)38-23(36)35(12)11-20-17(4-6-21(27)34-20)18-10-16(37-2)3-5-19(18)26/h3-10,12,22H,11H2,1-2H3/t12-,22-/m0/s1. The van der Waals surface area contributed by atoms with Crippen LogP contribution in [0.25, 0.3) is 11.1 Å². The van der Waals surface area contributed by atoms with E-state index in [1.165, 1.54) is 20.1 Å². The molecule has 38 heavy (non-hydrogen) atoms. The molecule has 0 aliphatic carbocycles. The largest absolute Gasteiger partial charge is 0.497 e. The summed E-state index contributed by atoms with van der Waals surface area (Å²) in [6.07, 6.45) is -12.4. The van der Waals surface area contributed by atoms with Crippen molar-refractivity contribution in [2.45, 2.75) is 38.0 Å². The fourth-order valence-corrected chi connectivity index (χ4v) is 4.53. The first-order valence-corrected chi connectivity index (χ1v) is 11.7. The highest BCUT2D eigenvalue weighted by atomic mass is 35.5. The van der Waals surface area contributed by atoms with Crippen LogP contribution >= 0.6 is 23.2 Å². The molecule has 0 unspecified atom stereocenters. The molecule has 0 bridgehead atoms. The van der Waals surface area contributed by atoms with Gasteiger partial charge in [-0.25, -0.2) is 9.78 Å². The molecule has 1 fully saturated rings. The van der Waals surface area contributed by atoms with Gasteiger partial charge >= 0.3 is 18.4 Å². The number of ether oxygens (including phenoxy) is 2. The molecule has 1 saturated heterocycles. The average Bonchev–Trinajstić information content (AvgIpc) is 3.12. The van der Waals surface area contributed by atoms with Crippen molar-refractivity contribution in [3.63, 3.8) is 0 Å². The zero-order valence-corrected chi connectivity index (χ0v) is 21.1. The van der Waals surface area contributed by atoms with E-state index in [1.807, 2.05) is 0 Å². The number of hydrogen-bond acceptors (Lipinski definition) is 4. The lowest BCUT2D eigenvalue weighted by atomic mass is 9.97. The minimum atomic E-state index is -5.04. The number of methoxy groups -OCH3 is 1. The van der Waals surface area contributed by atoms with Gasteiger partial charge in [0.25, 0.3) is 0 Å². The summed E-state index contributed by atoms with van der Waals surface area (Å²) >= 11 is 12.5. The lowest BCUT2D eigenvalue weighted by molar-refractivity contribution is -0.143. The van der Waals surface area contributed by atoms with E-state index < -0.39 is 47.3 Å². The molecular formula is C25H18Cl2F6N2O3. The van der Waals surface area contributed by atoms with E-state index in [9.17, 15) is 31.1 Å².